The number of amides is 1. The molecule has 0 radical (unpaired) electrons. The van der Waals surface area contributed by atoms with Gasteiger partial charge >= 0.3 is 12.1 Å². The van der Waals surface area contributed by atoms with Crippen LogP contribution in [0.2, 0.25) is 0 Å². The molecule has 0 aliphatic carbocycles. The molecule has 10 heteroatoms. The zero-order valence-electron chi connectivity index (χ0n) is 25.3. The summed E-state index contributed by atoms with van der Waals surface area (Å²) in [5.41, 5.74) is 1.78. The number of carbonyl (C=O) groups excluding carboxylic acids is 5. The molecule has 1 N–H and O–H groups in total. The predicted molar refractivity (Wildman–Crippen MR) is 162 cm³/mol. The Morgan fingerprint density at radius 3 is 2.00 bits per heavy atom. The van der Waals surface area contributed by atoms with Crippen LogP contribution in [0.3, 0.4) is 0 Å². The highest BCUT2D eigenvalue weighted by atomic mass is 35.5. The number of carbonyl (C=O) groups is 5. The Kier molecular flexibility index (Phi) is 15.5. The van der Waals surface area contributed by atoms with Gasteiger partial charge in [0.1, 0.15) is 24.4 Å². The van der Waals surface area contributed by atoms with Crippen molar-refractivity contribution in [2.75, 3.05) is 6.07 Å². The molecule has 2 aromatic carbocycles. The van der Waals surface area contributed by atoms with Crippen molar-refractivity contribution in [3.8, 4) is 0 Å². The molecule has 0 saturated carbocycles. The van der Waals surface area contributed by atoms with Crippen LogP contribution in [0.5, 0.6) is 0 Å². The third-order valence-electron chi connectivity index (χ3n) is 6.91. The molecule has 0 heterocycles. The van der Waals surface area contributed by atoms with Crippen LogP contribution in [-0.4, -0.2) is 47.8 Å². The number of alkyl halides is 1. The fraction of sp³-hybridized carbons (Fsp3) is 0.485. The van der Waals surface area contributed by atoms with E-state index in [1.54, 1.807) is 24.3 Å². The lowest BCUT2D eigenvalue weighted by atomic mass is 9.89. The van der Waals surface area contributed by atoms with E-state index in [1.807, 2.05) is 50.2 Å². The topological polar surface area (TPSA) is 125 Å². The monoisotopic (exact) mass is 615 g/mol. The highest BCUT2D eigenvalue weighted by molar-refractivity contribution is 6.17. The van der Waals surface area contributed by atoms with Crippen molar-refractivity contribution in [3.05, 3.63) is 71.8 Å². The highest BCUT2D eigenvalue weighted by Gasteiger charge is 2.35. The van der Waals surface area contributed by atoms with Gasteiger partial charge in [-0.05, 0) is 50.2 Å². The summed E-state index contributed by atoms with van der Waals surface area (Å²) in [6.45, 7) is 6.67. The second kappa shape index (κ2) is 18.7. The van der Waals surface area contributed by atoms with E-state index in [1.165, 1.54) is 13.8 Å². The van der Waals surface area contributed by atoms with Crippen LogP contribution in [0.15, 0.2) is 60.7 Å². The summed E-state index contributed by atoms with van der Waals surface area (Å²) in [7, 11) is 0. The molecule has 234 valence electrons. The van der Waals surface area contributed by atoms with Crippen LogP contribution < -0.4 is 5.32 Å². The Bertz CT molecular complexity index is 1190. The number of esters is 1. The standard InChI is InChI=1S/C33H42ClNO8/c1-22(2)17-29(35-31(38)27(18-23(3)36)16-15-25-11-7-5-8-12-25)30(37)19-28(24(4)43-33(40)42-21-34)32(39)41-20-26-13-9-6-10-14-26/h5-14,22,24,27-29H,15-21H2,1-4H3,(H,35,38)/t24-,27-,28+,29+/m1/s1. The first-order chi connectivity index (χ1) is 20.5. The van der Waals surface area contributed by atoms with Crippen LogP contribution in [-0.2, 0) is 46.4 Å². The molecule has 4 atom stereocenters. The van der Waals surface area contributed by atoms with Crippen molar-refractivity contribution in [2.45, 2.75) is 78.6 Å². The minimum atomic E-state index is -1.17. The predicted octanol–water partition coefficient (Wildman–Crippen LogP) is 5.80. The highest BCUT2D eigenvalue weighted by Crippen LogP contribution is 2.21. The summed E-state index contributed by atoms with van der Waals surface area (Å²) < 4.78 is 15.3. The van der Waals surface area contributed by atoms with E-state index in [0.29, 0.717) is 19.3 Å². The number of ketones is 2. The van der Waals surface area contributed by atoms with Crippen molar-refractivity contribution in [1.82, 2.24) is 5.32 Å². The first-order valence-electron chi connectivity index (χ1n) is 14.5. The van der Waals surface area contributed by atoms with E-state index < -0.39 is 53.9 Å². The number of benzene rings is 2. The van der Waals surface area contributed by atoms with Crippen molar-refractivity contribution < 1.29 is 38.2 Å². The second-order valence-corrected chi connectivity index (χ2v) is 11.2. The molecule has 0 aliphatic heterocycles. The fourth-order valence-corrected chi connectivity index (χ4v) is 4.73. The Labute approximate surface area is 258 Å². The Morgan fingerprint density at radius 1 is 0.837 bits per heavy atom. The molecule has 0 aliphatic rings. The van der Waals surface area contributed by atoms with Gasteiger partial charge < -0.3 is 24.3 Å². The Balaban J connectivity index is 2.20. The van der Waals surface area contributed by atoms with Gasteiger partial charge in [-0.3, -0.25) is 14.4 Å². The number of hydrogen-bond acceptors (Lipinski definition) is 8. The molecular formula is C33H42ClNO8. The summed E-state index contributed by atoms with van der Waals surface area (Å²) >= 11 is 5.45. The number of hydrogen-bond donors (Lipinski definition) is 1. The third-order valence-corrected chi connectivity index (χ3v) is 7.02. The van der Waals surface area contributed by atoms with Gasteiger partial charge in [0.05, 0.1) is 6.04 Å². The molecule has 43 heavy (non-hydrogen) atoms. The third kappa shape index (κ3) is 13.4. The van der Waals surface area contributed by atoms with Crippen LogP contribution in [0.1, 0.15) is 64.5 Å². The zero-order valence-corrected chi connectivity index (χ0v) is 26.0. The van der Waals surface area contributed by atoms with Crippen molar-refractivity contribution in [2.24, 2.45) is 17.8 Å². The summed E-state index contributed by atoms with van der Waals surface area (Å²) in [4.78, 5) is 64.2. The van der Waals surface area contributed by atoms with Gasteiger partial charge in [-0.15, -0.1) is 0 Å². The molecule has 1 amide bonds. The van der Waals surface area contributed by atoms with Crippen molar-refractivity contribution in [3.63, 3.8) is 0 Å². The average molecular weight is 616 g/mol. The van der Waals surface area contributed by atoms with E-state index >= 15 is 0 Å². The van der Waals surface area contributed by atoms with Crippen molar-refractivity contribution >= 4 is 41.2 Å². The zero-order chi connectivity index (χ0) is 31.8. The van der Waals surface area contributed by atoms with E-state index in [2.05, 4.69) is 10.1 Å². The smallest absolute Gasteiger partial charge is 0.460 e. The van der Waals surface area contributed by atoms with Gasteiger partial charge in [0.25, 0.3) is 0 Å². The normalized spacial score (nSPS) is 13.7. The Hall–Kier alpha value is -3.72. The van der Waals surface area contributed by atoms with Gasteiger partial charge in [-0.2, -0.15) is 0 Å². The maximum absolute atomic E-state index is 13.7. The lowest BCUT2D eigenvalue weighted by Crippen LogP contribution is -2.46. The van der Waals surface area contributed by atoms with Crippen LogP contribution in [0.25, 0.3) is 0 Å². The largest absolute Gasteiger partial charge is 0.509 e. The minimum Gasteiger partial charge on any atom is -0.460 e. The van der Waals surface area contributed by atoms with Crippen molar-refractivity contribution in [1.29, 1.82) is 0 Å². The summed E-state index contributed by atoms with van der Waals surface area (Å²) in [6, 6.07) is 17.3. The number of Topliss-reactive ketones (excluding diaryl/α,β-unsaturated/α-hetero) is 2. The molecule has 9 nitrogen and oxygen atoms in total. The molecular weight excluding hydrogens is 574 g/mol. The minimum absolute atomic E-state index is 0.0284. The quantitative estimate of drug-likeness (QED) is 0.165. The summed E-state index contributed by atoms with van der Waals surface area (Å²) in [5, 5.41) is 2.85. The molecule has 0 spiro atoms. The number of aryl methyl sites for hydroxylation is 1. The molecule has 2 rings (SSSR count). The lowest BCUT2D eigenvalue weighted by molar-refractivity contribution is -0.156. The molecule has 0 fully saturated rings. The van der Waals surface area contributed by atoms with Crippen LogP contribution >= 0.6 is 11.6 Å². The van der Waals surface area contributed by atoms with Gasteiger partial charge in [-0.1, -0.05) is 86.1 Å². The maximum Gasteiger partial charge on any atom is 0.509 e. The van der Waals surface area contributed by atoms with E-state index in [-0.39, 0.29) is 31.1 Å². The van der Waals surface area contributed by atoms with Crippen LogP contribution in [0.4, 0.5) is 4.79 Å². The summed E-state index contributed by atoms with van der Waals surface area (Å²) in [6.07, 6.45) is -1.16. The number of nitrogens with one attached hydrogen (secondary N) is 1. The molecule has 2 aromatic rings. The number of ether oxygens (including phenoxy) is 3. The van der Waals surface area contributed by atoms with Gasteiger partial charge in [0.15, 0.2) is 11.8 Å². The van der Waals surface area contributed by atoms with E-state index in [9.17, 15) is 24.0 Å². The summed E-state index contributed by atoms with van der Waals surface area (Å²) in [5.74, 6) is -3.46. The molecule has 0 unspecified atom stereocenters. The first-order valence-corrected chi connectivity index (χ1v) is 15.0. The number of rotatable bonds is 18. The number of halogens is 1. The molecule has 0 saturated heterocycles. The average Bonchev–Trinajstić information content (AvgIpc) is 2.96. The SMILES string of the molecule is CC(=O)C[C@@H](CCc1ccccc1)C(=O)N[C@@H](CC(C)C)C(=O)C[C@H](C(=O)OCc1ccccc1)[C@@H](C)OC(=O)OCCl. The van der Waals surface area contributed by atoms with Gasteiger partial charge in [0.2, 0.25) is 5.91 Å². The molecule has 0 aromatic heterocycles. The second-order valence-electron chi connectivity index (χ2n) is 11.0. The Morgan fingerprint density at radius 2 is 1.44 bits per heavy atom. The van der Waals surface area contributed by atoms with Gasteiger partial charge in [0, 0.05) is 18.8 Å². The lowest BCUT2D eigenvalue weighted by Gasteiger charge is -2.26. The maximum atomic E-state index is 13.7. The fourth-order valence-electron chi connectivity index (χ4n) is 4.64. The van der Waals surface area contributed by atoms with E-state index in [0.717, 1.165) is 11.1 Å². The molecule has 0 bridgehead atoms. The van der Waals surface area contributed by atoms with Gasteiger partial charge in [-0.25, -0.2) is 4.79 Å². The van der Waals surface area contributed by atoms with Crippen LogP contribution in [0, 0.1) is 17.8 Å². The van der Waals surface area contributed by atoms with E-state index in [4.69, 9.17) is 21.1 Å². The first kappa shape index (κ1) is 35.5.